The van der Waals surface area contributed by atoms with Crippen LogP contribution in [0.1, 0.15) is 0 Å². The van der Waals surface area contributed by atoms with Crippen molar-refractivity contribution in [2.45, 2.75) is 0 Å². The molecule has 0 radical (unpaired) electrons. The average molecular weight is 376 g/mol. The van der Waals surface area contributed by atoms with E-state index in [4.69, 9.17) is 23.2 Å². The predicted octanol–water partition coefficient (Wildman–Crippen LogP) is 6.02. The maximum absolute atomic E-state index is 6.38. The Morgan fingerprint density at radius 2 is 1.33 bits per heavy atom. The van der Waals surface area contributed by atoms with Crippen molar-refractivity contribution >= 4 is 57.0 Å². The van der Waals surface area contributed by atoms with E-state index in [0.717, 1.165) is 10.0 Å². The zero-order valence-electron chi connectivity index (χ0n) is 10.9. The van der Waals surface area contributed by atoms with E-state index < -0.39 is 0 Å². The molecule has 21 heavy (non-hydrogen) atoms. The first-order valence-electron chi connectivity index (χ1n) is 6.60. The number of benzene rings is 3. The first kappa shape index (κ1) is 13.4. The summed E-state index contributed by atoms with van der Waals surface area (Å²) in [6.45, 7) is 0. The van der Waals surface area contributed by atoms with Gasteiger partial charge in [-0.1, -0.05) is 0 Å². The standard InChI is InChI=1S/C18H10Cl2Se/c19-12-9-7-11(8-10-12)13-3-1-4-14-15-5-2-6-16(20)18(15)21-17(13)14/h1-10H. The van der Waals surface area contributed by atoms with Crippen LogP contribution in [0.25, 0.3) is 30.4 Å². The molecule has 0 saturated carbocycles. The molecule has 4 aromatic rings. The third-order valence-corrected chi connectivity index (χ3v) is 7.15. The van der Waals surface area contributed by atoms with E-state index >= 15 is 0 Å². The van der Waals surface area contributed by atoms with Crippen LogP contribution in [0, 0.1) is 0 Å². The molecule has 3 heteroatoms. The molecule has 0 atom stereocenters. The van der Waals surface area contributed by atoms with Crippen molar-refractivity contribution in [2.24, 2.45) is 0 Å². The van der Waals surface area contributed by atoms with Gasteiger partial charge in [-0.05, 0) is 0 Å². The fourth-order valence-corrected chi connectivity index (χ4v) is 5.75. The van der Waals surface area contributed by atoms with Crippen molar-refractivity contribution in [3.05, 3.63) is 70.7 Å². The van der Waals surface area contributed by atoms with Gasteiger partial charge in [-0.25, -0.2) is 0 Å². The molecule has 4 rings (SSSR count). The Balaban J connectivity index is 2.08. The van der Waals surface area contributed by atoms with Gasteiger partial charge in [-0.2, -0.15) is 0 Å². The van der Waals surface area contributed by atoms with Gasteiger partial charge in [-0.3, -0.25) is 0 Å². The van der Waals surface area contributed by atoms with Gasteiger partial charge in [-0.15, -0.1) is 0 Å². The summed E-state index contributed by atoms with van der Waals surface area (Å²) in [6, 6.07) is 20.7. The van der Waals surface area contributed by atoms with Crippen molar-refractivity contribution in [3.8, 4) is 11.1 Å². The van der Waals surface area contributed by atoms with E-state index in [9.17, 15) is 0 Å². The molecule has 0 aliphatic heterocycles. The summed E-state index contributed by atoms with van der Waals surface area (Å²) in [5.74, 6) is 0. The molecular formula is C18H10Cl2Se. The van der Waals surface area contributed by atoms with E-state index in [2.05, 4.69) is 36.4 Å². The van der Waals surface area contributed by atoms with Gasteiger partial charge < -0.3 is 0 Å². The van der Waals surface area contributed by atoms with Crippen LogP contribution < -0.4 is 0 Å². The quantitative estimate of drug-likeness (QED) is 0.356. The molecule has 0 aliphatic rings. The van der Waals surface area contributed by atoms with E-state index in [-0.39, 0.29) is 14.5 Å². The number of fused-ring (bicyclic) bond motifs is 3. The summed E-state index contributed by atoms with van der Waals surface area (Å²) >= 11 is 12.6. The molecule has 0 spiro atoms. The summed E-state index contributed by atoms with van der Waals surface area (Å²) in [5.41, 5.74) is 2.50. The van der Waals surface area contributed by atoms with Gasteiger partial charge in [0.25, 0.3) is 0 Å². The molecule has 0 fully saturated rings. The normalized spacial score (nSPS) is 11.3. The van der Waals surface area contributed by atoms with Crippen molar-refractivity contribution in [3.63, 3.8) is 0 Å². The van der Waals surface area contributed by atoms with Crippen LogP contribution in [-0.2, 0) is 0 Å². The molecular weight excluding hydrogens is 366 g/mol. The van der Waals surface area contributed by atoms with Crippen LogP contribution in [0.15, 0.2) is 60.7 Å². The molecule has 102 valence electrons. The van der Waals surface area contributed by atoms with E-state index in [1.165, 1.54) is 30.4 Å². The topological polar surface area (TPSA) is 0 Å². The molecule has 0 bridgehead atoms. The Hall–Kier alpha value is -1.24. The zero-order chi connectivity index (χ0) is 14.4. The van der Waals surface area contributed by atoms with Gasteiger partial charge in [0.2, 0.25) is 0 Å². The Morgan fingerprint density at radius 3 is 2.10 bits per heavy atom. The first-order chi connectivity index (χ1) is 10.2. The molecule has 3 aromatic carbocycles. The summed E-state index contributed by atoms with van der Waals surface area (Å²) in [7, 11) is 0. The van der Waals surface area contributed by atoms with Crippen molar-refractivity contribution in [2.75, 3.05) is 0 Å². The van der Waals surface area contributed by atoms with Gasteiger partial charge in [0.05, 0.1) is 0 Å². The Bertz CT molecular complexity index is 952. The van der Waals surface area contributed by atoms with Gasteiger partial charge in [0, 0.05) is 0 Å². The van der Waals surface area contributed by atoms with Crippen LogP contribution in [0.2, 0.25) is 10.0 Å². The third-order valence-electron chi connectivity index (χ3n) is 3.63. The molecule has 1 aromatic heterocycles. The molecule has 0 amide bonds. The van der Waals surface area contributed by atoms with Gasteiger partial charge in [0.15, 0.2) is 0 Å². The number of hydrogen-bond acceptors (Lipinski definition) is 0. The van der Waals surface area contributed by atoms with E-state index in [0.29, 0.717) is 0 Å². The van der Waals surface area contributed by atoms with Crippen LogP contribution in [0.5, 0.6) is 0 Å². The molecule has 0 N–H and O–H groups in total. The fourth-order valence-electron chi connectivity index (χ4n) is 2.64. The second kappa shape index (κ2) is 5.19. The second-order valence-electron chi connectivity index (χ2n) is 4.91. The molecule has 0 saturated heterocycles. The maximum atomic E-state index is 6.38. The summed E-state index contributed by atoms with van der Waals surface area (Å²) in [4.78, 5) is 0. The molecule has 0 unspecified atom stereocenters. The van der Waals surface area contributed by atoms with E-state index in [1.807, 2.05) is 24.3 Å². The Labute approximate surface area is 138 Å². The van der Waals surface area contributed by atoms with E-state index in [1.54, 1.807) is 0 Å². The minimum atomic E-state index is 0.249. The Morgan fingerprint density at radius 1 is 0.667 bits per heavy atom. The zero-order valence-corrected chi connectivity index (χ0v) is 14.2. The predicted molar refractivity (Wildman–Crippen MR) is 93.8 cm³/mol. The molecule has 0 nitrogen and oxygen atoms in total. The van der Waals surface area contributed by atoms with Crippen LogP contribution >= 0.6 is 23.2 Å². The number of rotatable bonds is 1. The second-order valence-corrected chi connectivity index (χ2v) is 7.89. The van der Waals surface area contributed by atoms with Gasteiger partial charge >= 0.3 is 139 Å². The SMILES string of the molecule is Clc1ccc(-c2cccc3c2[se]c2c(Cl)cccc23)cc1. The van der Waals surface area contributed by atoms with Crippen molar-refractivity contribution in [1.29, 1.82) is 0 Å². The summed E-state index contributed by atoms with van der Waals surface area (Å²) in [6.07, 6.45) is 0. The summed E-state index contributed by atoms with van der Waals surface area (Å²) < 4.78 is 2.71. The van der Waals surface area contributed by atoms with Crippen LogP contribution in [0.4, 0.5) is 0 Å². The third kappa shape index (κ3) is 2.22. The first-order valence-corrected chi connectivity index (χ1v) is 9.06. The van der Waals surface area contributed by atoms with Crippen molar-refractivity contribution in [1.82, 2.24) is 0 Å². The van der Waals surface area contributed by atoms with Crippen LogP contribution in [0.3, 0.4) is 0 Å². The van der Waals surface area contributed by atoms with Gasteiger partial charge in [0.1, 0.15) is 0 Å². The number of halogens is 2. The van der Waals surface area contributed by atoms with Crippen LogP contribution in [-0.4, -0.2) is 14.5 Å². The average Bonchev–Trinajstić information content (AvgIpc) is 2.89. The fraction of sp³-hybridized carbons (Fsp3) is 0. The Kier molecular flexibility index (Phi) is 3.32. The molecule has 1 heterocycles. The van der Waals surface area contributed by atoms with Crippen molar-refractivity contribution < 1.29 is 0 Å². The number of hydrogen-bond donors (Lipinski definition) is 0. The minimum absolute atomic E-state index is 0.249. The molecule has 0 aliphatic carbocycles. The summed E-state index contributed by atoms with van der Waals surface area (Å²) in [5, 5.41) is 4.25. The monoisotopic (exact) mass is 376 g/mol.